The molecule has 0 N–H and O–H groups in total. The molecule has 0 radical (unpaired) electrons. The highest BCUT2D eigenvalue weighted by Crippen LogP contribution is 2.28. The van der Waals surface area contributed by atoms with Gasteiger partial charge in [-0.3, -0.25) is 4.79 Å². The molecule has 1 saturated heterocycles. The molecular weight excluding hydrogens is 356 g/mol. The molecule has 0 spiro atoms. The molecule has 28 heavy (non-hydrogen) atoms. The summed E-state index contributed by atoms with van der Waals surface area (Å²) in [6, 6.07) is 7.90. The number of aromatic nitrogens is 3. The smallest absolute Gasteiger partial charge is 0.242 e. The first-order chi connectivity index (χ1) is 13.7. The Morgan fingerprint density at radius 1 is 1.36 bits per heavy atom. The number of benzene rings is 1. The summed E-state index contributed by atoms with van der Waals surface area (Å²) in [5.41, 5.74) is 1.06. The third kappa shape index (κ3) is 4.08. The van der Waals surface area contributed by atoms with Gasteiger partial charge in [0.1, 0.15) is 18.1 Å². The van der Waals surface area contributed by atoms with Crippen molar-refractivity contribution in [1.82, 2.24) is 19.4 Å². The maximum Gasteiger partial charge on any atom is 0.242 e. The lowest BCUT2D eigenvalue weighted by atomic mass is 9.98. The maximum absolute atomic E-state index is 12.6. The van der Waals surface area contributed by atoms with Gasteiger partial charge in [0.25, 0.3) is 0 Å². The van der Waals surface area contributed by atoms with Gasteiger partial charge in [-0.2, -0.15) is 0 Å². The summed E-state index contributed by atoms with van der Waals surface area (Å²) < 4.78 is 13.2. The molecule has 3 aromatic rings. The summed E-state index contributed by atoms with van der Waals surface area (Å²) in [7, 11) is 1.67. The second-order valence-corrected chi connectivity index (χ2v) is 7.07. The maximum atomic E-state index is 12.6. The van der Waals surface area contributed by atoms with E-state index in [1.165, 1.54) is 0 Å². The number of likely N-dealkylation sites (tertiary alicyclic amines) is 1. The number of oxazole rings is 1. The number of hydrogen-bond donors (Lipinski definition) is 0. The lowest BCUT2D eigenvalue weighted by Crippen LogP contribution is -2.40. The number of amides is 1. The molecule has 1 fully saturated rings. The van der Waals surface area contributed by atoms with Crippen molar-refractivity contribution in [3.8, 4) is 5.75 Å². The quantitative estimate of drug-likeness (QED) is 0.657. The molecule has 3 heterocycles. The van der Waals surface area contributed by atoms with Gasteiger partial charge in [0.05, 0.1) is 25.6 Å². The van der Waals surface area contributed by atoms with Gasteiger partial charge in [0.2, 0.25) is 5.91 Å². The second kappa shape index (κ2) is 8.29. The molecule has 1 aliphatic heterocycles. The van der Waals surface area contributed by atoms with Crippen LogP contribution >= 0.6 is 0 Å². The fraction of sp³-hybridized carbons (Fsp3) is 0.381. The van der Waals surface area contributed by atoms with E-state index in [1.807, 2.05) is 29.2 Å². The number of rotatable bonds is 6. The number of piperidine rings is 1. The lowest BCUT2D eigenvalue weighted by Gasteiger charge is -2.31. The molecule has 1 atom stereocenters. The van der Waals surface area contributed by atoms with Gasteiger partial charge in [0.15, 0.2) is 5.89 Å². The summed E-state index contributed by atoms with van der Waals surface area (Å²) in [6.07, 6.45) is 9.49. The highest BCUT2D eigenvalue weighted by molar-refractivity contribution is 5.76. The number of carbonyl (C=O) groups excluding carboxylic acids is 1. The van der Waals surface area contributed by atoms with Crippen LogP contribution in [0.2, 0.25) is 0 Å². The number of carbonyl (C=O) groups is 1. The molecule has 1 aromatic carbocycles. The van der Waals surface area contributed by atoms with Crippen molar-refractivity contribution in [3.05, 3.63) is 66.4 Å². The van der Waals surface area contributed by atoms with E-state index in [4.69, 9.17) is 9.15 Å². The SMILES string of the molecule is COc1ccccc1Cc1cnc(C2CCCN(C(=O)Cn3ccnc3)C2)o1. The third-order valence-corrected chi connectivity index (χ3v) is 5.13. The third-order valence-electron chi connectivity index (χ3n) is 5.13. The van der Waals surface area contributed by atoms with Crippen molar-refractivity contribution in [3.63, 3.8) is 0 Å². The summed E-state index contributed by atoms with van der Waals surface area (Å²) >= 11 is 0. The Labute approximate surface area is 164 Å². The number of methoxy groups -OCH3 is 1. The first-order valence-corrected chi connectivity index (χ1v) is 9.53. The highest BCUT2D eigenvalue weighted by Gasteiger charge is 2.28. The van der Waals surface area contributed by atoms with Crippen LogP contribution in [-0.4, -0.2) is 45.5 Å². The van der Waals surface area contributed by atoms with Crippen molar-refractivity contribution < 1.29 is 13.9 Å². The Hall–Kier alpha value is -3.09. The number of hydrogen-bond acceptors (Lipinski definition) is 5. The lowest BCUT2D eigenvalue weighted by molar-refractivity contribution is -0.133. The molecule has 1 amide bonds. The van der Waals surface area contributed by atoms with Crippen LogP contribution in [-0.2, 0) is 17.8 Å². The van der Waals surface area contributed by atoms with E-state index >= 15 is 0 Å². The molecule has 1 aliphatic rings. The zero-order valence-electron chi connectivity index (χ0n) is 16.0. The van der Waals surface area contributed by atoms with E-state index in [9.17, 15) is 4.79 Å². The largest absolute Gasteiger partial charge is 0.496 e. The van der Waals surface area contributed by atoms with Crippen molar-refractivity contribution >= 4 is 5.91 Å². The molecule has 146 valence electrons. The minimum Gasteiger partial charge on any atom is -0.496 e. The van der Waals surface area contributed by atoms with E-state index < -0.39 is 0 Å². The minimum absolute atomic E-state index is 0.100. The molecular formula is C21H24N4O3. The molecule has 7 heteroatoms. The van der Waals surface area contributed by atoms with Crippen molar-refractivity contribution in [2.75, 3.05) is 20.2 Å². The van der Waals surface area contributed by atoms with Gasteiger partial charge < -0.3 is 18.6 Å². The van der Waals surface area contributed by atoms with E-state index in [2.05, 4.69) is 9.97 Å². The Kier molecular flexibility index (Phi) is 5.41. The van der Waals surface area contributed by atoms with Crippen LogP contribution in [0.1, 0.15) is 36.0 Å². The topological polar surface area (TPSA) is 73.4 Å². The molecule has 7 nitrogen and oxygen atoms in total. The second-order valence-electron chi connectivity index (χ2n) is 7.07. The Bertz CT molecular complexity index is 919. The number of imidazole rings is 1. The molecule has 2 aromatic heterocycles. The van der Waals surface area contributed by atoms with Gasteiger partial charge in [-0.25, -0.2) is 9.97 Å². The normalized spacial score (nSPS) is 16.9. The average Bonchev–Trinajstić information content (AvgIpc) is 3.41. The van der Waals surface area contributed by atoms with Gasteiger partial charge in [-0.15, -0.1) is 0 Å². The van der Waals surface area contributed by atoms with Crippen LogP contribution in [0.4, 0.5) is 0 Å². The van der Waals surface area contributed by atoms with Crippen LogP contribution in [0.15, 0.2) is 53.6 Å². The summed E-state index contributed by atoms with van der Waals surface area (Å²) in [4.78, 5) is 23.0. The zero-order chi connectivity index (χ0) is 19.3. The molecule has 1 unspecified atom stereocenters. The number of ether oxygens (including phenoxy) is 1. The predicted molar refractivity (Wildman–Crippen MR) is 103 cm³/mol. The monoisotopic (exact) mass is 380 g/mol. The Morgan fingerprint density at radius 3 is 3.07 bits per heavy atom. The fourth-order valence-corrected chi connectivity index (χ4v) is 3.67. The van der Waals surface area contributed by atoms with Crippen LogP contribution in [0.5, 0.6) is 5.75 Å². The summed E-state index contributed by atoms with van der Waals surface area (Å²) in [5.74, 6) is 2.59. The van der Waals surface area contributed by atoms with Crippen molar-refractivity contribution in [2.24, 2.45) is 0 Å². The molecule has 0 aliphatic carbocycles. The van der Waals surface area contributed by atoms with E-state index in [1.54, 1.807) is 36.6 Å². The van der Waals surface area contributed by atoms with E-state index in [0.29, 0.717) is 25.4 Å². The van der Waals surface area contributed by atoms with E-state index in [0.717, 1.165) is 36.5 Å². The van der Waals surface area contributed by atoms with Crippen LogP contribution in [0, 0.1) is 0 Å². The van der Waals surface area contributed by atoms with Crippen LogP contribution < -0.4 is 4.74 Å². The minimum atomic E-state index is 0.100. The van der Waals surface area contributed by atoms with Gasteiger partial charge >= 0.3 is 0 Å². The van der Waals surface area contributed by atoms with E-state index in [-0.39, 0.29) is 11.8 Å². The van der Waals surface area contributed by atoms with Crippen molar-refractivity contribution in [2.45, 2.75) is 31.7 Å². The summed E-state index contributed by atoms with van der Waals surface area (Å²) in [6.45, 7) is 1.73. The Morgan fingerprint density at radius 2 is 2.25 bits per heavy atom. The molecule has 4 rings (SSSR count). The summed E-state index contributed by atoms with van der Waals surface area (Å²) in [5, 5.41) is 0. The molecule has 0 saturated carbocycles. The number of para-hydroxylation sites is 1. The average molecular weight is 380 g/mol. The fourth-order valence-electron chi connectivity index (χ4n) is 3.67. The standard InChI is InChI=1S/C21H24N4O3/c1-27-19-7-3-2-5-16(19)11-18-12-23-21(28-18)17-6-4-9-25(13-17)20(26)14-24-10-8-22-15-24/h2-3,5,7-8,10,12,15,17H,4,6,9,11,13-14H2,1H3. The highest BCUT2D eigenvalue weighted by atomic mass is 16.5. The van der Waals surface area contributed by atoms with Gasteiger partial charge in [-0.1, -0.05) is 18.2 Å². The van der Waals surface area contributed by atoms with Crippen LogP contribution in [0.3, 0.4) is 0 Å². The number of nitrogens with zero attached hydrogens (tertiary/aromatic N) is 4. The Balaban J connectivity index is 1.41. The van der Waals surface area contributed by atoms with Crippen molar-refractivity contribution in [1.29, 1.82) is 0 Å². The first-order valence-electron chi connectivity index (χ1n) is 9.53. The predicted octanol–water partition coefficient (Wildman–Crippen LogP) is 2.88. The van der Waals surface area contributed by atoms with Gasteiger partial charge in [-0.05, 0) is 18.9 Å². The van der Waals surface area contributed by atoms with Gasteiger partial charge in [0, 0.05) is 37.5 Å². The molecule has 0 bridgehead atoms. The zero-order valence-corrected chi connectivity index (χ0v) is 16.0. The van der Waals surface area contributed by atoms with Crippen LogP contribution in [0.25, 0.3) is 0 Å². The first kappa shape index (κ1) is 18.3.